The summed E-state index contributed by atoms with van der Waals surface area (Å²) in [5, 5.41) is 0. The molecule has 1 aromatic carbocycles. The molecule has 1 aromatic rings. The predicted molar refractivity (Wildman–Crippen MR) is 67.4 cm³/mol. The zero-order valence-corrected chi connectivity index (χ0v) is 10.9. The minimum atomic E-state index is -0.219. The van der Waals surface area contributed by atoms with Gasteiger partial charge in [-0.15, -0.1) is 0 Å². The van der Waals surface area contributed by atoms with Crippen molar-refractivity contribution in [1.29, 1.82) is 0 Å². The Morgan fingerprint density at radius 2 is 2.06 bits per heavy atom. The van der Waals surface area contributed by atoms with Gasteiger partial charge in [0, 0.05) is 0 Å². The van der Waals surface area contributed by atoms with Gasteiger partial charge in [0.2, 0.25) is 0 Å². The van der Waals surface area contributed by atoms with Crippen LogP contribution in [0.25, 0.3) is 0 Å². The molecular weight excluding hydrogens is 216 g/mol. The second kappa shape index (κ2) is 6.28. The van der Waals surface area contributed by atoms with E-state index in [0.717, 1.165) is 16.9 Å². The fourth-order valence-electron chi connectivity index (χ4n) is 1.68. The summed E-state index contributed by atoms with van der Waals surface area (Å²) in [6.45, 7) is 6.84. The van der Waals surface area contributed by atoms with Crippen molar-refractivity contribution in [3.63, 3.8) is 0 Å². The predicted octanol–water partition coefficient (Wildman–Crippen LogP) is 2.92. The Labute approximate surface area is 103 Å². The van der Waals surface area contributed by atoms with Crippen molar-refractivity contribution in [2.24, 2.45) is 0 Å². The molecule has 0 fully saturated rings. The van der Waals surface area contributed by atoms with E-state index in [2.05, 4.69) is 18.6 Å². The van der Waals surface area contributed by atoms with Crippen LogP contribution in [0.15, 0.2) is 18.2 Å². The van der Waals surface area contributed by atoms with Crippen molar-refractivity contribution in [1.82, 2.24) is 0 Å². The summed E-state index contributed by atoms with van der Waals surface area (Å²) in [6.07, 6.45) is 0.308. The lowest BCUT2D eigenvalue weighted by atomic mass is 9.98. The monoisotopic (exact) mass is 236 g/mol. The molecule has 3 heteroatoms. The Kier molecular flexibility index (Phi) is 5.01. The van der Waals surface area contributed by atoms with E-state index in [1.54, 1.807) is 0 Å². The summed E-state index contributed by atoms with van der Waals surface area (Å²) in [5.41, 5.74) is 2.09. The fraction of sp³-hybridized carbons (Fsp3) is 0.500. The smallest absolute Gasteiger partial charge is 0.309 e. The molecule has 0 saturated carbocycles. The van der Waals surface area contributed by atoms with E-state index < -0.39 is 0 Å². The molecule has 0 saturated heterocycles. The zero-order valence-electron chi connectivity index (χ0n) is 10.9. The molecule has 0 radical (unpaired) electrons. The van der Waals surface area contributed by atoms with E-state index in [9.17, 15) is 4.79 Å². The first-order valence-corrected chi connectivity index (χ1v) is 5.90. The maximum Gasteiger partial charge on any atom is 0.309 e. The Balaban J connectivity index is 2.96. The third kappa shape index (κ3) is 3.77. The molecule has 0 amide bonds. The van der Waals surface area contributed by atoms with Gasteiger partial charge in [0.25, 0.3) is 0 Å². The first-order valence-electron chi connectivity index (χ1n) is 5.90. The van der Waals surface area contributed by atoms with Crippen LogP contribution in [-0.2, 0) is 16.0 Å². The average molecular weight is 236 g/mol. The van der Waals surface area contributed by atoms with Crippen LogP contribution in [0, 0.1) is 0 Å². The van der Waals surface area contributed by atoms with Crippen molar-refractivity contribution in [2.75, 3.05) is 13.7 Å². The van der Waals surface area contributed by atoms with Gasteiger partial charge in [0.1, 0.15) is 5.75 Å². The van der Waals surface area contributed by atoms with Crippen molar-refractivity contribution in [3.05, 3.63) is 29.3 Å². The first kappa shape index (κ1) is 13.6. The van der Waals surface area contributed by atoms with E-state index in [4.69, 9.17) is 4.74 Å². The normalized spacial score (nSPS) is 10.4. The molecule has 0 atom stereocenters. The molecule has 0 aliphatic carbocycles. The van der Waals surface area contributed by atoms with Crippen molar-refractivity contribution in [2.45, 2.75) is 33.1 Å². The minimum Gasteiger partial charge on any atom is -0.494 e. The molecule has 0 heterocycles. The lowest BCUT2D eigenvalue weighted by Crippen LogP contribution is -2.06. The van der Waals surface area contributed by atoms with Gasteiger partial charge >= 0.3 is 5.97 Å². The van der Waals surface area contributed by atoms with Crippen LogP contribution in [0.5, 0.6) is 5.75 Å². The topological polar surface area (TPSA) is 35.5 Å². The number of hydrogen-bond donors (Lipinski definition) is 0. The number of hydrogen-bond acceptors (Lipinski definition) is 3. The molecule has 94 valence electrons. The highest BCUT2D eigenvalue weighted by Crippen LogP contribution is 2.27. The zero-order chi connectivity index (χ0) is 12.8. The van der Waals surface area contributed by atoms with Crippen LogP contribution in [0.4, 0.5) is 0 Å². The van der Waals surface area contributed by atoms with Gasteiger partial charge in [-0.05, 0) is 30.0 Å². The molecule has 0 bridgehead atoms. The Morgan fingerprint density at radius 1 is 1.35 bits per heavy atom. The van der Waals surface area contributed by atoms with Crippen molar-refractivity contribution < 1.29 is 14.3 Å². The highest BCUT2D eigenvalue weighted by Gasteiger charge is 2.10. The van der Waals surface area contributed by atoms with Crippen LogP contribution in [-0.4, -0.2) is 19.7 Å². The molecule has 3 nitrogen and oxygen atoms in total. The van der Waals surface area contributed by atoms with Crippen molar-refractivity contribution >= 4 is 5.97 Å². The van der Waals surface area contributed by atoms with Crippen LogP contribution >= 0.6 is 0 Å². The molecule has 0 unspecified atom stereocenters. The Bertz CT molecular complexity index is 383. The Morgan fingerprint density at radius 3 is 2.59 bits per heavy atom. The third-order valence-corrected chi connectivity index (χ3v) is 2.57. The van der Waals surface area contributed by atoms with Gasteiger partial charge in [-0.3, -0.25) is 4.79 Å². The lowest BCUT2D eigenvalue weighted by Gasteiger charge is -2.14. The van der Waals surface area contributed by atoms with E-state index >= 15 is 0 Å². The number of methoxy groups -OCH3 is 1. The lowest BCUT2D eigenvalue weighted by molar-refractivity contribution is -0.139. The van der Waals surface area contributed by atoms with Gasteiger partial charge in [-0.25, -0.2) is 0 Å². The molecule has 17 heavy (non-hydrogen) atoms. The molecule has 0 aromatic heterocycles. The van der Waals surface area contributed by atoms with Crippen LogP contribution < -0.4 is 4.74 Å². The SMILES string of the molecule is CCOc1ccc(CC(=O)OC)cc1C(C)C. The largest absolute Gasteiger partial charge is 0.494 e. The van der Waals surface area contributed by atoms with Gasteiger partial charge in [0.15, 0.2) is 0 Å². The second-order valence-corrected chi connectivity index (χ2v) is 4.21. The third-order valence-electron chi connectivity index (χ3n) is 2.57. The van der Waals surface area contributed by atoms with Gasteiger partial charge in [0.05, 0.1) is 20.1 Å². The van der Waals surface area contributed by atoms with Gasteiger partial charge in [-0.2, -0.15) is 0 Å². The summed E-state index contributed by atoms with van der Waals surface area (Å²) in [7, 11) is 1.40. The van der Waals surface area contributed by atoms with Crippen LogP contribution in [0.2, 0.25) is 0 Å². The van der Waals surface area contributed by atoms with Crippen molar-refractivity contribution in [3.8, 4) is 5.75 Å². The molecule has 1 rings (SSSR count). The van der Waals surface area contributed by atoms with E-state index in [1.807, 2.05) is 25.1 Å². The number of ether oxygens (including phenoxy) is 2. The Hall–Kier alpha value is -1.51. The van der Waals surface area contributed by atoms with E-state index in [-0.39, 0.29) is 5.97 Å². The van der Waals surface area contributed by atoms with E-state index in [0.29, 0.717) is 18.9 Å². The van der Waals surface area contributed by atoms with Crippen LogP contribution in [0.1, 0.15) is 37.8 Å². The summed E-state index contributed by atoms with van der Waals surface area (Å²) in [5.74, 6) is 1.05. The maximum atomic E-state index is 11.2. The second-order valence-electron chi connectivity index (χ2n) is 4.21. The highest BCUT2D eigenvalue weighted by atomic mass is 16.5. The first-order chi connectivity index (χ1) is 8.08. The number of carbonyl (C=O) groups is 1. The highest BCUT2D eigenvalue weighted by molar-refractivity contribution is 5.72. The summed E-state index contributed by atoms with van der Waals surface area (Å²) in [6, 6.07) is 5.86. The molecule has 0 spiro atoms. The maximum absolute atomic E-state index is 11.2. The molecule has 0 aliphatic heterocycles. The summed E-state index contributed by atoms with van der Waals surface area (Å²) in [4.78, 5) is 11.2. The summed E-state index contributed by atoms with van der Waals surface area (Å²) < 4.78 is 10.2. The van der Waals surface area contributed by atoms with Crippen LogP contribution in [0.3, 0.4) is 0 Å². The number of carbonyl (C=O) groups excluding carboxylic acids is 1. The van der Waals surface area contributed by atoms with E-state index in [1.165, 1.54) is 7.11 Å². The average Bonchev–Trinajstić information content (AvgIpc) is 2.31. The number of benzene rings is 1. The molecule has 0 aliphatic rings. The standard InChI is InChI=1S/C14H20O3/c1-5-17-13-7-6-11(9-14(15)16-4)8-12(13)10(2)3/h6-8,10H,5,9H2,1-4H3. The molecule has 0 N–H and O–H groups in total. The number of rotatable bonds is 5. The minimum absolute atomic E-state index is 0.219. The number of esters is 1. The van der Waals surface area contributed by atoms with Gasteiger partial charge in [-0.1, -0.05) is 26.0 Å². The summed E-state index contributed by atoms with van der Waals surface area (Å²) >= 11 is 0. The quantitative estimate of drug-likeness (QED) is 0.737. The fourth-order valence-corrected chi connectivity index (χ4v) is 1.68. The molecular formula is C14H20O3. The van der Waals surface area contributed by atoms with Gasteiger partial charge < -0.3 is 9.47 Å².